The number of likely N-dealkylation sites (N-methyl/N-ethyl adjacent to an activating group) is 1. The molecule has 1 aliphatic heterocycles. The van der Waals surface area contributed by atoms with Crippen molar-refractivity contribution in [2.45, 2.75) is 69.7 Å². The predicted molar refractivity (Wildman–Crippen MR) is 190 cm³/mol. The number of aliphatic hydroxyl groups excluding tert-OH is 1. The number of sulfonamides is 1. The minimum atomic E-state index is -3.99. The molecule has 4 rings (SSSR count). The maximum Gasteiger partial charge on any atom is 0.335 e. The van der Waals surface area contributed by atoms with Crippen LogP contribution in [-0.4, -0.2) is 99.0 Å². The molecule has 0 bridgehead atoms. The number of aromatic carboxylic acids is 1. The van der Waals surface area contributed by atoms with E-state index >= 15 is 0 Å². The molecule has 0 saturated carbocycles. The first-order chi connectivity index (χ1) is 23.8. The third-order valence-electron chi connectivity index (χ3n) is 8.82. The van der Waals surface area contributed by atoms with Crippen LogP contribution >= 0.6 is 0 Å². The molecule has 50 heavy (non-hydrogen) atoms. The van der Waals surface area contributed by atoms with Crippen LogP contribution in [0.4, 0.5) is 5.69 Å². The van der Waals surface area contributed by atoms with Gasteiger partial charge >= 0.3 is 5.97 Å². The summed E-state index contributed by atoms with van der Waals surface area (Å²) in [6.45, 7) is 7.31. The smallest absolute Gasteiger partial charge is 0.335 e. The van der Waals surface area contributed by atoms with E-state index in [1.165, 1.54) is 25.3 Å². The van der Waals surface area contributed by atoms with Gasteiger partial charge in [0.2, 0.25) is 0 Å². The first-order valence-electron chi connectivity index (χ1n) is 16.8. The van der Waals surface area contributed by atoms with Gasteiger partial charge in [-0.05, 0) is 100 Å². The third kappa shape index (κ3) is 10.4. The Morgan fingerprint density at radius 1 is 1.08 bits per heavy atom. The van der Waals surface area contributed by atoms with Gasteiger partial charge in [-0.15, -0.1) is 0 Å². The van der Waals surface area contributed by atoms with Gasteiger partial charge in [-0.3, -0.25) is 14.4 Å². The fraction of sp³-hybridized carbons (Fsp3) is 0.459. The Bertz CT molecular complexity index is 1680. The lowest BCUT2D eigenvalue weighted by Gasteiger charge is -2.36. The average Bonchev–Trinajstić information content (AvgIpc) is 3.09. The Kier molecular flexibility index (Phi) is 13.6. The molecule has 12 nitrogen and oxygen atoms in total. The number of aliphatic hydroxyl groups is 1. The van der Waals surface area contributed by atoms with Crippen LogP contribution in [0.2, 0.25) is 0 Å². The van der Waals surface area contributed by atoms with E-state index in [2.05, 4.69) is 9.62 Å². The van der Waals surface area contributed by atoms with Gasteiger partial charge in [0.25, 0.3) is 15.9 Å². The van der Waals surface area contributed by atoms with Crippen LogP contribution in [0.1, 0.15) is 66.3 Å². The molecule has 0 spiro atoms. The topological polar surface area (TPSA) is 155 Å². The number of benzene rings is 3. The van der Waals surface area contributed by atoms with Crippen molar-refractivity contribution in [3.8, 4) is 11.5 Å². The maximum absolute atomic E-state index is 14.4. The molecular weight excluding hydrogens is 662 g/mol. The van der Waals surface area contributed by atoms with Gasteiger partial charge in [-0.1, -0.05) is 19.1 Å². The van der Waals surface area contributed by atoms with Crippen molar-refractivity contribution in [1.29, 1.82) is 0 Å². The molecule has 0 aromatic heterocycles. The largest absolute Gasteiger partial charge is 0.497 e. The van der Waals surface area contributed by atoms with Crippen molar-refractivity contribution >= 4 is 27.6 Å². The number of carboxylic acid groups (broad SMARTS) is 1. The van der Waals surface area contributed by atoms with E-state index < -0.39 is 27.9 Å². The van der Waals surface area contributed by atoms with Crippen LogP contribution in [0, 0.1) is 5.92 Å². The van der Waals surface area contributed by atoms with Crippen LogP contribution in [0.5, 0.6) is 11.5 Å². The Balaban J connectivity index is 1.61. The zero-order valence-corrected chi connectivity index (χ0v) is 30.2. The Morgan fingerprint density at radius 2 is 1.78 bits per heavy atom. The first kappa shape index (κ1) is 38.6. The normalized spacial score (nSPS) is 19.9. The quantitative estimate of drug-likeness (QED) is 0.244. The fourth-order valence-electron chi connectivity index (χ4n) is 5.85. The molecule has 1 amide bonds. The van der Waals surface area contributed by atoms with Gasteiger partial charge in [0.15, 0.2) is 0 Å². The van der Waals surface area contributed by atoms with Crippen LogP contribution in [0.3, 0.4) is 0 Å². The number of ether oxygens (including phenoxy) is 3. The zero-order valence-electron chi connectivity index (χ0n) is 29.4. The highest BCUT2D eigenvalue weighted by Crippen LogP contribution is 2.30. The molecule has 0 radical (unpaired) electrons. The molecule has 3 N–H and O–H groups in total. The lowest BCUT2D eigenvalue weighted by Crippen LogP contribution is -2.47. The van der Waals surface area contributed by atoms with Gasteiger partial charge in [-0.25, -0.2) is 13.2 Å². The molecule has 0 aliphatic carbocycles. The SMILES string of the molecule is COc1ccc(S(=O)(=O)Nc2ccc3c(c2)C(=O)N([C@H](C)CO)C[C@H](C)[C@@H](CN(C)Cc2ccc(C(=O)O)cc2)OCCCC[C@H](C)O3)cc1. The van der Waals surface area contributed by atoms with Crippen LogP contribution in [-0.2, 0) is 21.3 Å². The van der Waals surface area contributed by atoms with Gasteiger partial charge < -0.3 is 29.3 Å². The number of methoxy groups -OCH3 is 1. The highest BCUT2D eigenvalue weighted by molar-refractivity contribution is 7.92. The Labute approximate surface area is 295 Å². The predicted octanol–water partition coefficient (Wildman–Crippen LogP) is 5.12. The number of hydrogen-bond acceptors (Lipinski definition) is 9. The number of rotatable bonds is 11. The lowest BCUT2D eigenvalue weighted by atomic mass is 10.0. The van der Waals surface area contributed by atoms with E-state index in [9.17, 15) is 28.2 Å². The van der Waals surface area contributed by atoms with E-state index in [0.717, 1.165) is 18.4 Å². The minimum Gasteiger partial charge on any atom is -0.497 e. The Morgan fingerprint density at radius 3 is 2.42 bits per heavy atom. The summed E-state index contributed by atoms with van der Waals surface area (Å²) in [5.74, 6) is -0.693. The summed E-state index contributed by atoms with van der Waals surface area (Å²) in [4.78, 5) is 29.4. The van der Waals surface area contributed by atoms with Crippen LogP contribution in [0.25, 0.3) is 0 Å². The molecule has 4 atom stereocenters. The van der Waals surface area contributed by atoms with E-state index in [4.69, 9.17) is 14.2 Å². The van der Waals surface area contributed by atoms with Crippen molar-refractivity contribution < 1.29 is 42.4 Å². The fourth-order valence-corrected chi connectivity index (χ4v) is 6.90. The number of hydrogen-bond donors (Lipinski definition) is 3. The lowest BCUT2D eigenvalue weighted by molar-refractivity contribution is -0.0177. The number of carbonyl (C=O) groups excluding carboxylic acids is 1. The minimum absolute atomic E-state index is 0.0345. The number of anilines is 1. The van der Waals surface area contributed by atoms with Gasteiger partial charge in [0.1, 0.15) is 11.5 Å². The molecule has 1 aliphatic rings. The monoisotopic (exact) mass is 711 g/mol. The summed E-state index contributed by atoms with van der Waals surface area (Å²) in [7, 11) is -0.527. The summed E-state index contributed by atoms with van der Waals surface area (Å²) in [6.07, 6.45) is 1.87. The second-order valence-corrected chi connectivity index (χ2v) is 14.7. The summed E-state index contributed by atoms with van der Waals surface area (Å²) >= 11 is 0. The second kappa shape index (κ2) is 17.7. The van der Waals surface area contributed by atoms with Crippen LogP contribution < -0.4 is 14.2 Å². The molecule has 272 valence electrons. The number of nitrogens with zero attached hydrogens (tertiary/aromatic N) is 2. The molecule has 3 aromatic rings. The molecular formula is C37H49N3O9S. The number of carbonyl (C=O) groups is 2. The molecule has 13 heteroatoms. The first-order valence-corrected chi connectivity index (χ1v) is 18.3. The molecule has 0 saturated heterocycles. The van der Waals surface area contributed by atoms with E-state index in [1.54, 1.807) is 60.4 Å². The third-order valence-corrected chi connectivity index (χ3v) is 10.2. The van der Waals surface area contributed by atoms with Crippen molar-refractivity contribution in [2.75, 3.05) is 45.2 Å². The average molecular weight is 712 g/mol. The van der Waals surface area contributed by atoms with Crippen molar-refractivity contribution in [3.05, 3.63) is 83.4 Å². The van der Waals surface area contributed by atoms with E-state index in [1.807, 2.05) is 20.9 Å². The standard InChI is InChI=1S/C37H49N3O9S/c1-25-21-40(26(2)24-41)36(42)33-20-30(38-50(45,46)32-16-14-31(47-5)15-17-32)13-18-34(33)49-27(3)8-6-7-19-48-35(25)23-39(4)22-28-9-11-29(12-10-28)37(43)44/h9-18,20,25-27,35,38,41H,6-8,19,21-24H2,1-5H3,(H,43,44)/t25-,26+,27-,35+/m0/s1. The van der Waals surface area contributed by atoms with Crippen molar-refractivity contribution in [3.63, 3.8) is 0 Å². The van der Waals surface area contributed by atoms with Crippen molar-refractivity contribution in [1.82, 2.24) is 9.80 Å². The summed E-state index contributed by atoms with van der Waals surface area (Å²) < 4.78 is 47.0. The van der Waals surface area contributed by atoms with E-state index in [-0.39, 0.29) is 53.0 Å². The van der Waals surface area contributed by atoms with E-state index in [0.29, 0.717) is 37.6 Å². The van der Waals surface area contributed by atoms with Gasteiger partial charge in [0, 0.05) is 37.8 Å². The highest BCUT2D eigenvalue weighted by Gasteiger charge is 2.31. The number of fused-ring (bicyclic) bond motifs is 1. The van der Waals surface area contributed by atoms with Gasteiger partial charge in [-0.2, -0.15) is 0 Å². The highest BCUT2D eigenvalue weighted by atomic mass is 32.2. The second-order valence-electron chi connectivity index (χ2n) is 13.0. The maximum atomic E-state index is 14.4. The zero-order chi connectivity index (χ0) is 36.4. The molecule has 0 fully saturated rings. The number of carboxylic acids is 1. The summed E-state index contributed by atoms with van der Waals surface area (Å²) in [5, 5.41) is 19.5. The van der Waals surface area contributed by atoms with Crippen LogP contribution in [0.15, 0.2) is 71.6 Å². The van der Waals surface area contributed by atoms with Gasteiger partial charge in [0.05, 0.1) is 48.0 Å². The number of nitrogens with one attached hydrogen (secondary N) is 1. The molecule has 0 unspecified atom stereocenters. The number of amides is 1. The summed E-state index contributed by atoms with van der Waals surface area (Å²) in [5.41, 5.74) is 1.55. The molecule has 1 heterocycles. The summed E-state index contributed by atoms with van der Waals surface area (Å²) in [6, 6.07) is 16.9. The van der Waals surface area contributed by atoms with Crippen molar-refractivity contribution in [2.24, 2.45) is 5.92 Å². The Hall–Kier alpha value is -4.17. The molecule has 3 aromatic carbocycles.